The molecule has 1 aromatic carbocycles. The van der Waals surface area contributed by atoms with Crippen LogP contribution >= 0.6 is 0 Å². The Morgan fingerprint density at radius 3 is 2.45 bits per heavy atom. The van der Waals surface area contributed by atoms with Crippen LogP contribution < -0.4 is 4.74 Å². The molecule has 1 saturated heterocycles. The highest BCUT2D eigenvalue weighted by Crippen LogP contribution is 2.34. The molecule has 0 unspecified atom stereocenters. The number of ether oxygens (including phenoxy) is 2. The molecule has 2 fully saturated rings. The minimum Gasteiger partial charge on any atom is -0.496 e. The zero-order chi connectivity index (χ0) is 13.9. The fourth-order valence-corrected chi connectivity index (χ4v) is 2.91. The van der Waals surface area contributed by atoms with Gasteiger partial charge >= 0.3 is 0 Å². The summed E-state index contributed by atoms with van der Waals surface area (Å²) in [6, 6.07) is 8.22. The Morgan fingerprint density at radius 2 is 1.80 bits per heavy atom. The predicted molar refractivity (Wildman–Crippen MR) is 76.0 cm³/mol. The van der Waals surface area contributed by atoms with E-state index in [-0.39, 0.29) is 5.91 Å². The van der Waals surface area contributed by atoms with Gasteiger partial charge in [0.2, 0.25) is 0 Å². The van der Waals surface area contributed by atoms with Crippen molar-refractivity contribution < 1.29 is 14.3 Å². The molecule has 1 aromatic rings. The van der Waals surface area contributed by atoms with E-state index in [9.17, 15) is 4.79 Å². The molecule has 0 spiro atoms. The highest BCUT2D eigenvalue weighted by Gasteiger charge is 2.38. The lowest BCUT2D eigenvalue weighted by Gasteiger charge is -2.34. The normalized spacial score (nSPS) is 19.6. The number of hydrogen-bond donors (Lipinski definition) is 0. The zero-order valence-corrected chi connectivity index (χ0v) is 11.9. The summed E-state index contributed by atoms with van der Waals surface area (Å²) in [4.78, 5) is 15.0. The number of hydrogen-bond acceptors (Lipinski definition) is 3. The molecule has 0 bridgehead atoms. The summed E-state index contributed by atoms with van der Waals surface area (Å²) in [7, 11) is 1.61. The lowest BCUT2D eigenvalue weighted by atomic mass is 10.0. The van der Waals surface area contributed by atoms with Gasteiger partial charge in [-0.25, -0.2) is 0 Å². The van der Waals surface area contributed by atoms with E-state index in [1.807, 2.05) is 24.3 Å². The van der Waals surface area contributed by atoms with Crippen molar-refractivity contribution in [3.05, 3.63) is 29.8 Å². The number of benzene rings is 1. The van der Waals surface area contributed by atoms with Crippen molar-refractivity contribution in [2.75, 3.05) is 20.3 Å². The first-order valence-electron chi connectivity index (χ1n) is 7.34. The van der Waals surface area contributed by atoms with E-state index in [0.717, 1.165) is 38.9 Å². The molecule has 1 aliphatic carbocycles. The van der Waals surface area contributed by atoms with Crippen LogP contribution in [0, 0.1) is 0 Å². The third-order valence-corrected chi connectivity index (χ3v) is 4.10. The number of amides is 1. The molecule has 4 nitrogen and oxygen atoms in total. The van der Waals surface area contributed by atoms with Crippen molar-refractivity contribution in [2.24, 2.45) is 0 Å². The van der Waals surface area contributed by atoms with E-state index in [2.05, 4.69) is 4.90 Å². The van der Waals surface area contributed by atoms with Crippen LogP contribution in [-0.4, -0.2) is 43.2 Å². The molecule has 1 saturated carbocycles. The number of carbonyl (C=O) groups is 1. The van der Waals surface area contributed by atoms with Gasteiger partial charge in [0.1, 0.15) is 5.75 Å². The number of rotatable bonds is 4. The molecular formula is C16H21NO3. The predicted octanol–water partition coefficient (Wildman–Crippen LogP) is 2.48. The maximum Gasteiger partial charge on any atom is 0.258 e. The quantitative estimate of drug-likeness (QED) is 0.847. The Balaban J connectivity index is 1.85. The summed E-state index contributed by atoms with van der Waals surface area (Å²) in [6.07, 6.45) is 4.13. The number of nitrogens with zero attached hydrogens (tertiary/aromatic N) is 1. The van der Waals surface area contributed by atoms with Crippen LogP contribution in [0.5, 0.6) is 5.75 Å². The van der Waals surface area contributed by atoms with Crippen molar-refractivity contribution in [1.82, 2.24) is 4.90 Å². The van der Waals surface area contributed by atoms with Gasteiger partial charge in [-0.05, 0) is 37.8 Å². The minimum absolute atomic E-state index is 0.108. The molecular weight excluding hydrogens is 254 g/mol. The van der Waals surface area contributed by atoms with Crippen LogP contribution in [-0.2, 0) is 4.74 Å². The molecule has 0 aromatic heterocycles. The van der Waals surface area contributed by atoms with Gasteiger partial charge in [0.05, 0.1) is 12.7 Å². The van der Waals surface area contributed by atoms with Gasteiger partial charge in [-0.1, -0.05) is 12.1 Å². The smallest absolute Gasteiger partial charge is 0.258 e. The highest BCUT2D eigenvalue weighted by atomic mass is 16.5. The monoisotopic (exact) mass is 275 g/mol. The maximum atomic E-state index is 12.9. The Kier molecular flexibility index (Phi) is 3.92. The summed E-state index contributed by atoms with van der Waals surface area (Å²) >= 11 is 0. The Morgan fingerprint density at radius 1 is 1.15 bits per heavy atom. The summed E-state index contributed by atoms with van der Waals surface area (Å²) < 4.78 is 10.7. The second-order valence-corrected chi connectivity index (χ2v) is 5.49. The van der Waals surface area contributed by atoms with Gasteiger partial charge in [0.25, 0.3) is 5.91 Å². The average molecular weight is 275 g/mol. The summed E-state index contributed by atoms with van der Waals surface area (Å²) in [5.74, 6) is 0.770. The lowest BCUT2D eigenvalue weighted by molar-refractivity contribution is 0.0265. The topological polar surface area (TPSA) is 38.8 Å². The van der Waals surface area contributed by atoms with Crippen LogP contribution in [0.25, 0.3) is 0 Å². The van der Waals surface area contributed by atoms with Gasteiger partial charge in [-0.15, -0.1) is 0 Å². The fourth-order valence-electron chi connectivity index (χ4n) is 2.91. The largest absolute Gasteiger partial charge is 0.496 e. The molecule has 20 heavy (non-hydrogen) atoms. The fraction of sp³-hybridized carbons (Fsp3) is 0.562. The van der Waals surface area contributed by atoms with Gasteiger partial charge in [-0.3, -0.25) is 4.79 Å². The second kappa shape index (κ2) is 5.83. The Hall–Kier alpha value is -1.55. The van der Waals surface area contributed by atoms with Gasteiger partial charge in [-0.2, -0.15) is 0 Å². The van der Waals surface area contributed by atoms with E-state index in [1.54, 1.807) is 7.11 Å². The molecule has 0 atom stereocenters. The van der Waals surface area contributed by atoms with Crippen molar-refractivity contribution in [3.63, 3.8) is 0 Å². The molecule has 0 N–H and O–H groups in total. The summed E-state index contributed by atoms with van der Waals surface area (Å²) in [6.45, 7) is 1.51. The number of para-hydroxylation sites is 1. The van der Waals surface area contributed by atoms with Gasteiger partial charge < -0.3 is 14.4 Å². The molecule has 4 heteroatoms. The number of methoxy groups -OCH3 is 1. The van der Waals surface area contributed by atoms with E-state index in [1.165, 1.54) is 0 Å². The Bertz CT molecular complexity index is 478. The summed E-state index contributed by atoms with van der Waals surface area (Å²) in [5.41, 5.74) is 0.674. The first kappa shape index (κ1) is 13.4. The minimum atomic E-state index is 0.108. The van der Waals surface area contributed by atoms with E-state index >= 15 is 0 Å². The van der Waals surface area contributed by atoms with Gasteiger partial charge in [0.15, 0.2) is 0 Å². The SMILES string of the molecule is COc1ccccc1C(=O)N(C1CCOCC1)C1CC1. The van der Waals surface area contributed by atoms with Crippen molar-refractivity contribution in [2.45, 2.75) is 37.8 Å². The van der Waals surface area contributed by atoms with Gasteiger partial charge in [0, 0.05) is 25.3 Å². The molecule has 2 aliphatic rings. The molecule has 3 rings (SSSR count). The van der Waals surface area contributed by atoms with Crippen molar-refractivity contribution in [1.29, 1.82) is 0 Å². The Labute approximate surface area is 119 Å². The molecule has 108 valence electrons. The average Bonchev–Trinajstić information content (AvgIpc) is 3.33. The van der Waals surface area contributed by atoms with Crippen LogP contribution in [0.3, 0.4) is 0 Å². The molecule has 1 aliphatic heterocycles. The lowest BCUT2D eigenvalue weighted by Crippen LogP contribution is -2.45. The maximum absolute atomic E-state index is 12.9. The highest BCUT2D eigenvalue weighted by molar-refractivity contribution is 5.97. The van der Waals surface area contributed by atoms with Crippen LogP contribution in [0.1, 0.15) is 36.0 Å². The van der Waals surface area contributed by atoms with Crippen LogP contribution in [0.15, 0.2) is 24.3 Å². The van der Waals surface area contributed by atoms with Crippen molar-refractivity contribution in [3.8, 4) is 5.75 Å². The second-order valence-electron chi connectivity index (χ2n) is 5.49. The molecule has 1 heterocycles. The first-order chi connectivity index (χ1) is 9.81. The standard InChI is InChI=1S/C16H21NO3/c1-19-15-5-3-2-4-14(15)16(18)17(12-6-7-12)13-8-10-20-11-9-13/h2-5,12-13H,6-11H2,1H3. The van der Waals surface area contributed by atoms with Crippen molar-refractivity contribution >= 4 is 5.91 Å². The van der Waals surface area contributed by atoms with E-state index in [4.69, 9.17) is 9.47 Å². The van der Waals surface area contributed by atoms with Crippen LogP contribution in [0.4, 0.5) is 0 Å². The first-order valence-corrected chi connectivity index (χ1v) is 7.34. The van der Waals surface area contributed by atoms with E-state index in [0.29, 0.717) is 23.4 Å². The molecule has 0 radical (unpaired) electrons. The third kappa shape index (κ3) is 2.66. The van der Waals surface area contributed by atoms with Crippen LogP contribution in [0.2, 0.25) is 0 Å². The third-order valence-electron chi connectivity index (χ3n) is 4.10. The summed E-state index contributed by atoms with van der Waals surface area (Å²) in [5, 5.41) is 0. The zero-order valence-electron chi connectivity index (χ0n) is 11.9. The number of carbonyl (C=O) groups excluding carboxylic acids is 1. The molecule has 1 amide bonds. The van der Waals surface area contributed by atoms with E-state index < -0.39 is 0 Å².